The molecule has 0 aromatic carbocycles. The second kappa shape index (κ2) is 6.50. The summed E-state index contributed by atoms with van der Waals surface area (Å²) < 4.78 is 49.7. The SMILES string of the molecule is O=S(=O)(c1cncc(Br)c1)N(CCO)CC(F)F. The molecule has 0 saturated heterocycles. The fourth-order valence-electron chi connectivity index (χ4n) is 1.26. The van der Waals surface area contributed by atoms with E-state index in [9.17, 15) is 17.2 Å². The monoisotopic (exact) mass is 344 g/mol. The first-order valence-corrected chi connectivity index (χ1v) is 7.11. The van der Waals surface area contributed by atoms with Gasteiger partial charge in [-0.05, 0) is 22.0 Å². The van der Waals surface area contributed by atoms with Gasteiger partial charge >= 0.3 is 0 Å². The van der Waals surface area contributed by atoms with E-state index < -0.39 is 29.6 Å². The molecule has 0 aliphatic carbocycles. The van der Waals surface area contributed by atoms with Gasteiger partial charge in [0, 0.05) is 23.4 Å². The van der Waals surface area contributed by atoms with Gasteiger partial charge in [-0.2, -0.15) is 4.31 Å². The van der Waals surface area contributed by atoms with Crippen molar-refractivity contribution in [2.75, 3.05) is 19.7 Å². The second-order valence-corrected chi connectivity index (χ2v) is 6.17. The van der Waals surface area contributed by atoms with E-state index in [1.54, 1.807) is 0 Å². The van der Waals surface area contributed by atoms with Crippen molar-refractivity contribution < 1.29 is 22.3 Å². The zero-order valence-corrected chi connectivity index (χ0v) is 11.5. The Bertz CT molecular complexity index is 498. The summed E-state index contributed by atoms with van der Waals surface area (Å²) >= 11 is 3.05. The number of aliphatic hydroxyl groups is 1. The van der Waals surface area contributed by atoms with E-state index in [2.05, 4.69) is 20.9 Å². The standard InChI is InChI=1S/C9H11BrF2N2O3S/c10-7-3-8(5-13-4-7)18(16,17)14(1-2-15)6-9(11)12/h3-5,9,15H,1-2,6H2. The number of hydrogen-bond donors (Lipinski definition) is 1. The molecule has 1 aromatic rings. The predicted octanol–water partition coefficient (Wildman–Crippen LogP) is 1.09. The maximum atomic E-state index is 12.3. The average molecular weight is 345 g/mol. The van der Waals surface area contributed by atoms with Gasteiger partial charge in [0.1, 0.15) is 4.90 Å². The Morgan fingerprint density at radius 3 is 2.61 bits per heavy atom. The van der Waals surface area contributed by atoms with Crippen molar-refractivity contribution in [3.05, 3.63) is 22.9 Å². The first-order chi connectivity index (χ1) is 8.37. The van der Waals surface area contributed by atoms with Crippen LogP contribution in [0.2, 0.25) is 0 Å². The molecule has 0 saturated carbocycles. The molecule has 0 radical (unpaired) electrons. The van der Waals surface area contributed by atoms with Crippen molar-refractivity contribution in [1.82, 2.24) is 9.29 Å². The van der Waals surface area contributed by atoms with Crippen molar-refractivity contribution in [1.29, 1.82) is 0 Å². The highest BCUT2D eigenvalue weighted by molar-refractivity contribution is 9.10. The fourth-order valence-corrected chi connectivity index (χ4v) is 3.17. The second-order valence-electron chi connectivity index (χ2n) is 3.32. The predicted molar refractivity (Wildman–Crippen MR) is 63.8 cm³/mol. The van der Waals surface area contributed by atoms with E-state index in [0.717, 1.165) is 6.20 Å². The maximum Gasteiger partial charge on any atom is 0.252 e. The van der Waals surface area contributed by atoms with Gasteiger partial charge in [0.25, 0.3) is 6.43 Å². The van der Waals surface area contributed by atoms with Crippen molar-refractivity contribution >= 4 is 26.0 Å². The quantitative estimate of drug-likeness (QED) is 0.838. The van der Waals surface area contributed by atoms with Gasteiger partial charge in [-0.15, -0.1) is 0 Å². The van der Waals surface area contributed by atoms with Crippen LogP contribution in [0, 0.1) is 0 Å². The van der Waals surface area contributed by atoms with Crippen molar-refractivity contribution in [2.24, 2.45) is 0 Å². The average Bonchev–Trinajstić information content (AvgIpc) is 2.28. The van der Waals surface area contributed by atoms with Crippen LogP contribution >= 0.6 is 15.9 Å². The number of alkyl halides is 2. The van der Waals surface area contributed by atoms with Gasteiger partial charge in [-0.3, -0.25) is 4.98 Å². The topological polar surface area (TPSA) is 70.5 Å². The van der Waals surface area contributed by atoms with Crippen LogP contribution in [0.25, 0.3) is 0 Å². The van der Waals surface area contributed by atoms with Crippen LogP contribution < -0.4 is 0 Å². The molecular formula is C9H11BrF2N2O3S. The Labute approximate surface area is 112 Å². The highest BCUT2D eigenvalue weighted by Gasteiger charge is 2.27. The number of nitrogens with zero attached hydrogens (tertiary/aromatic N) is 2. The summed E-state index contributed by atoms with van der Waals surface area (Å²) in [5.41, 5.74) is 0. The molecule has 18 heavy (non-hydrogen) atoms. The van der Waals surface area contributed by atoms with Crippen molar-refractivity contribution in [2.45, 2.75) is 11.3 Å². The summed E-state index contributed by atoms with van der Waals surface area (Å²) in [4.78, 5) is 3.47. The Kier molecular flexibility index (Phi) is 5.57. The summed E-state index contributed by atoms with van der Waals surface area (Å²) in [6.45, 7) is -1.89. The summed E-state index contributed by atoms with van der Waals surface area (Å²) in [6, 6.07) is 1.26. The number of pyridine rings is 1. The Morgan fingerprint density at radius 2 is 2.11 bits per heavy atom. The van der Waals surface area contributed by atoms with E-state index >= 15 is 0 Å². The number of aliphatic hydroxyl groups excluding tert-OH is 1. The summed E-state index contributed by atoms with van der Waals surface area (Å²) in [5, 5.41) is 8.74. The van der Waals surface area contributed by atoms with Gasteiger partial charge in [0.05, 0.1) is 13.2 Å². The lowest BCUT2D eigenvalue weighted by molar-refractivity contribution is 0.113. The number of halogens is 3. The maximum absolute atomic E-state index is 12.3. The van der Waals surface area contributed by atoms with Crippen molar-refractivity contribution in [3.63, 3.8) is 0 Å². The third kappa shape index (κ3) is 3.94. The molecule has 102 valence electrons. The lowest BCUT2D eigenvalue weighted by Crippen LogP contribution is -2.37. The molecule has 0 aliphatic rings. The fraction of sp³-hybridized carbons (Fsp3) is 0.444. The number of hydrogen-bond acceptors (Lipinski definition) is 4. The molecule has 9 heteroatoms. The zero-order chi connectivity index (χ0) is 13.8. The Hall–Kier alpha value is -0.640. The Balaban J connectivity index is 3.08. The normalized spacial score (nSPS) is 12.3. The minimum Gasteiger partial charge on any atom is -0.395 e. The molecule has 0 spiro atoms. The first-order valence-electron chi connectivity index (χ1n) is 4.87. The van der Waals surface area contributed by atoms with Gasteiger partial charge in [0.2, 0.25) is 10.0 Å². The summed E-state index contributed by atoms with van der Waals surface area (Å²) in [7, 11) is -4.08. The van der Waals surface area contributed by atoms with Gasteiger partial charge < -0.3 is 5.11 Å². The third-order valence-electron chi connectivity index (χ3n) is 2.01. The van der Waals surface area contributed by atoms with Crippen LogP contribution in [0.3, 0.4) is 0 Å². The lowest BCUT2D eigenvalue weighted by Gasteiger charge is -2.20. The first kappa shape index (κ1) is 15.4. The lowest BCUT2D eigenvalue weighted by atomic mass is 10.5. The summed E-state index contributed by atoms with van der Waals surface area (Å²) in [5.74, 6) is 0. The van der Waals surface area contributed by atoms with Crippen molar-refractivity contribution in [3.8, 4) is 0 Å². The van der Waals surface area contributed by atoms with E-state index in [0.29, 0.717) is 8.78 Å². The largest absolute Gasteiger partial charge is 0.395 e. The molecule has 0 fully saturated rings. The van der Waals surface area contributed by atoms with Crippen LogP contribution in [0.15, 0.2) is 27.8 Å². The van der Waals surface area contributed by atoms with Gasteiger partial charge in [-0.1, -0.05) is 0 Å². The molecule has 5 nitrogen and oxygen atoms in total. The smallest absolute Gasteiger partial charge is 0.252 e. The third-order valence-corrected chi connectivity index (χ3v) is 4.27. The van der Waals surface area contributed by atoms with E-state index in [-0.39, 0.29) is 11.4 Å². The highest BCUT2D eigenvalue weighted by atomic mass is 79.9. The molecule has 1 heterocycles. The van der Waals surface area contributed by atoms with Crippen LogP contribution in [0.4, 0.5) is 8.78 Å². The summed E-state index contributed by atoms with van der Waals surface area (Å²) in [6.07, 6.45) is -0.371. The zero-order valence-electron chi connectivity index (χ0n) is 9.13. The molecule has 1 aromatic heterocycles. The van der Waals surface area contributed by atoms with Crippen LogP contribution in [-0.2, 0) is 10.0 Å². The molecule has 0 bridgehead atoms. The molecule has 1 rings (SSSR count). The minimum absolute atomic E-state index is 0.203. The molecular weight excluding hydrogens is 334 g/mol. The highest BCUT2D eigenvalue weighted by Crippen LogP contribution is 2.19. The van der Waals surface area contributed by atoms with E-state index in [1.807, 2.05) is 0 Å². The number of sulfonamides is 1. The molecule has 0 amide bonds. The van der Waals surface area contributed by atoms with Gasteiger partial charge in [0.15, 0.2) is 0 Å². The molecule has 0 unspecified atom stereocenters. The van der Waals surface area contributed by atoms with Crippen LogP contribution in [0.1, 0.15) is 0 Å². The number of rotatable bonds is 6. The van der Waals surface area contributed by atoms with E-state index in [4.69, 9.17) is 5.11 Å². The number of aromatic nitrogens is 1. The molecule has 0 aliphatic heterocycles. The Morgan fingerprint density at radius 1 is 1.44 bits per heavy atom. The van der Waals surface area contributed by atoms with Crippen LogP contribution in [0.5, 0.6) is 0 Å². The minimum atomic E-state index is -4.08. The van der Waals surface area contributed by atoms with Crippen LogP contribution in [-0.4, -0.2) is 48.9 Å². The molecule has 1 N–H and O–H groups in total. The van der Waals surface area contributed by atoms with E-state index in [1.165, 1.54) is 12.3 Å². The van der Waals surface area contributed by atoms with Gasteiger partial charge in [-0.25, -0.2) is 17.2 Å². The molecule has 0 atom stereocenters.